The summed E-state index contributed by atoms with van der Waals surface area (Å²) in [5.41, 5.74) is 1.82. The van der Waals surface area contributed by atoms with Crippen LogP contribution in [0.3, 0.4) is 0 Å². The van der Waals surface area contributed by atoms with E-state index in [1.807, 2.05) is 12.1 Å². The highest BCUT2D eigenvalue weighted by Crippen LogP contribution is 2.35. The number of fused-ring (bicyclic) bond motifs is 1. The first-order chi connectivity index (χ1) is 18.9. The number of nitrogens with one attached hydrogen (secondary N) is 1. The molecule has 1 aliphatic carbocycles. The van der Waals surface area contributed by atoms with Gasteiger partial charge in [-0.05, 0) is 60.9 Å². The molecule has 0 spiro atoms. The number of methoxy groups -OCH3 is 1. The summed E-state index contributed by atoms with van der Waals surface area (Å²) < 4.78 is 21.1. The van der Waals surface area contributed by atoms with Gasteiger partial charge in [0.2, 0.25) is 11.8 Å². The van der Waals surface area contributed by atoms with E-state index >= 15 is 0 Å². The summed E-state index contributed by atoms with van der Waals surface area (Å²) in [7, 11) is 1.42. The Morgan fingerprint density at radius 3 is 2.64 bits per heavy atom. The Morgan fingerprint density at radius 1 is 1.10 bits per heavy atom. The molecule has 1 atom stereocenters. The minimum atomic E-state index is -1.20. The molecule has 202 valence electrons. The molecule has 0 bridgehead atoms. The van der Waals surface area contributed by atoms with Gasteiger partial charge in [0.05, 0.1) is 12.6 Å². The SMILES string of the molecule is COc1ccc(C(C(=O)NC2CCCCC2)N(C(=O)Cn2nnc3ccccc32)c2cccc(F)c2)cc1O. The number of phenolic OH excluding ortho intramolecular Hbond substituents is 1. The second kappa shape index (κ2) is 11.5. The molecule has 1 heterocycles. The maximum atomic E-state index is 14.5. The van der Waals surface area contributed by atoms with E-state index in [1.165, 1.54) is 47.0 Å². The number of aromatic nitrogens is 3. The highest BCUT2D eigenvalue weighted by Gasteiger charge is 2.35. The molecule has 1 fully saturated rings. The standard InChI is InChI=1S/C29H30FN5O4/c1-39-26-15-14-19(16-25(26)36)28(29(38)31-21-9-3-2-4-10-21)35(22-11-7-8-20(30)17-22)27(37)18-34-24-13-6-5-12-23(24)32-33-34/h5-8,11-17,21,28,36H,2-4,9-10,18H2,1H3,(H,31,38). The number of amides is 2. The third-order valence-corrected chi connectivity index (χ3v) is 7.04. The molecular formula is C29H30FN5O4. The molecule has 10 heteroatoms. The Hall–Kier alpha value is -4.47. The molecule has 5 rings (SSSR count). The zero-order valence-corrected chi connectivity index (χ0v) is 21.6. The number of rotatable bonds is 8. The molecule has 2 amide bonds. The molecule has 0 aliphatic heterocycles. The molecule has 1 aliphatic rings. The number of para-hydroxylation sites is 1. The first-order valence-corrected chi connectivity index (χ1v) is 13.0. The van der Waals surface area contributed by atoms with E-state index in [-0.39, 0.29) is 29.8 Å². The number of anilines is 1. The first kappa shape index (κ1) is 26.1. The highest BCUT2D eigenvalue weighted by molar-refractivity contribution is 6.01. The predicted octanol–water partition coefficient (Wildman–Crippen LogP) is 4.51. The van der Waals surface area contributed by atoms with Crippen molar-refractivity contribution in [2.45, 2.75) is 50.7 Å². The molecule has 1 unspecified atom stereocenters. The summed E-state index contributed by atoms with van der Waals surface area (Å²) in [5.74, 6) is -1.44. The number of aromatic hydroxyl groups is 1. The van der Waals surface area contributed by atoms with Gasteiger partial charge in [0.1, 0.15) is 23.9 Å². The van der Waals surface area contributed by atoms with Crippen LogP contribution in [0.5, 0.6) is 11.5 Å². The van der Waals surface area contributed by atoms with Crippen molar-refractivity contribution >= 4 is 28.5 Å². The average Bonchev–Trinajstić information content (AvgIpc) is 3.34. The number of phenols is 1. The van der Waals surface area contributed by atoms with Gasteiger partial charge in [-0.1, -0.05) is 48.7 Å². The summed E-state index contributed by atoms with van der Waals surface area (Å²) in [6.45, 7) is -0.244. The number of ether oxygens (including phenoxy) is 1. The largest absolute Gasteiger partial charge is 0.504 e. The number of nitrogens with zero attached hydrogens (tertiary/aromatic N) is 4. The van der Waals surface area contributed by atoms with E-state index < -0.39 is 23.7 Å². The van der Waals surface area contributed by atoms with Crippen molar-refractivity contribution < 1.29 is 23.8 Å². The predicted molar refractivity (Wildman–Crippen MR) is 144 cm³/mol. The van der Waals surface area contributed by atoms with Crippen molar-refractivity contribution in [1.29, 1.82) is 0 Å². The zero-order chi connectivity index (χ0) is 27.4. The summed E-state index contributed by atoms with van der Waals surface area (Å²) in [4.78, 5) is 29.2. The van der Waals surface area contributed by atoms with E-state index in [2.05, 4.69) is 15.6 Å². The summed E-state index contributed by atoms with van der Waals surface area (Å²) >= 11 is 0. The van der Waals surface area contributed by atoms with Crippen molar-refractivity contribution in [2.24, 2.45) is 0 Å². The molecule has 1 saturated carbocycles. The number of carbonyl (C=O) groups is 2. The van der Waals surface area contributed by atoms with E-state index in [4.69, 9.17) is 4.74 Å². The van der Waals surface area contributed by atoms with Gasteiger partial charge < -0.3 is 15.2 Å². The smallest absolute Gasteiger partial charge is 0.249 e. The summed E-state index contributed by atoms with van der Waals surface area (Å²) in [5, 5.41) is 21.9. The van der Waals surface area contributed by atoms with Crippen molar-refractivity contribution in [2.75, 3.05) is 12.0 Å². The molecular weight excluding hydrogens is 501 g/mol. The van der Waals surface area contributed by atoms with Gasteiger partial charge in [0, 0.05) is 11.7 Å². The summed E-state index contributed by atoms with van der Waals surface area (Å²) in [6.07, 6.45) is 4.80. The molecule has 9 nitrogen and oxygen atoms in total. The van der Waals surface area contributed by atoms with Crippen LogP contribution < -0.4 is 15.0 Å². The van der Waals surface area contributed by atoms with Crippen LogP contribution in [0.15, 0.2) is 66.7 Å². The van der Waals surface area contributed by atoms with Gasteiger partial charge in [-0.25, -0.2) is 9.07 Å². The quantitative estimate of drug-likeness (QED) is 0.346. The minimum Gasteiger partial charge on any atom is -0.504 e. The zero-order valence-electron chi connectivity index (χ0n) is 21.6. The van der Waals surface area contributed by atoms with Gasteiger partial charge in [-0.15, -0.1) is 5.10 Å². The maximum Gasteiger partial charge on any atom is 0.249 e. The molecule has 39 heavy (non-hydrogen) atoms. The molecule has 0 saturated heterocycles. The third kappa shape index (κ3) is 5.69. The first-order valence-electron chi connectivity index (χ1n) is 13.0. The van der Waals surface area contributed by atoms with Gasteiger partial charge >= 0.3 is 0 Å². The lowest BCUT2D eigenvalue weighted by Gasteiger charge is -2.33. The highest BCUT2D eigenvalue weighted by atomic mass is 19.1. The normalized spacial score (nSPS) is 14.6. The van der Waals surface area contributed by atoms with Crippen LogP contribution in [0.1, 0.15) is 43.7 Å². The lowest BCUT2D eigenvalue weighted by molar-refractivity contribution is -0.127. The number of halogens is 1. The van der Waals surface area contributed by atoms with Crippen molar-refractivity contribution in [3.8, 4) is 11.5 Å². The average molecular weight is 532 g/mol. The van der Waals surface area contributed by atoms with Gasteiger partial charge in [-0.2, -0.15) is 0 Å². The Morgan fingerprint density at radius 2 is 1.90 bits per heavy atom. The molecule has 4 aromatic rings. The second-order valence-corrected chi connectivity index (χ2v) is 9.66. The molecule has 0 radical (unpaired) electrons. The third-order valence-electron chi connectivity index (χ3n) is 7.04. The number of hydrogen-bond acceptors (Lipinski definition) is 6. The Labute approximate surface area is 225 Å². The van der Waals surface area contributed by atoms with Crippen molar-refractivity contribution in [1.82, 2.24) is 20.3 Å². The van der Waals surface area contributed by atoms with Crippen molar-refractivity contribution in [3.05, 3.63) is 78.1 Å². The van der Waals surface area contributed by atoms with Crippen molar-refractivity contribution in [3.63, 3.8) is 0 Å². The monoisotopic (exact) mass is 531 g/mol. The topological polar surface area (TPSA) is 110 Å². The van der Waals surface area contributed by atoms with E-state index in [0.29, 0.717) is 16.6 Å². The Kier molecular flexibility index (Phi) is 7.72. The maximum absolute atomic E-state index is 14.5. The molecule has 3 aromatic carbocycles. The van der Waals surface area contributed by atoms with Gasteiger partial charge in [0.25, 0.3) is 0 Å². The van der Waals surface area contributed by atoms with Crippen LogP contribution in [-0.2, 0) is 16.1 Å². The fourth-order valence-corrected chi connectivity index (χ4v) is 5.12. The fraction of sp³-hybridized carbons (Fsp3) is 0.310. The van der Waals surface area contributed by atoms with Crippen LogP contribution in [0.25, 0.3) is 11.0 Å². The Balaban J connectivity index is 1.59. The lowest BCUT2D eigenvalue weighted by atomic mass is 9.94. The number of hydrogen-bond donors (Lipinski definition) is 2. The van der Waals surface area contributed by atoms with Crippen LogP contribution in [0.2, 0.25) is 0 Å². The van der Waals surface area contributed by atoms with E-state index in [1.54, 1.807) is 24.3 Å². The van der Waals surface area contributed by atoms with Crippen LogP contribution in [0.4, 0.5) is 10.1 Å². The van der Waals surface area contributed by atoms with Crippen LogP contribution in [-0.4, -0.2) is 45.1 Å². The molecule has 2 N–H and O–H groups in total. The van der Waals surface area contributed by atoms with Crippen LogP contribution >= 0.6 is 0 Å². The van der Waals surface area contributed by atoms with Gasteiger partial charge in [-0.3, -0.25) is 14.5 Å². The minimum absolute atomic E-state index is 0.0377. The fourth-order valence-electron chi connectivity index (χ4n) is 5.12. The second-order valence-electron chi connectivity index (χ2n) is 9.66. The van der Waals surface area contributed by atoms with E-state index in [9.17, 15) is 19.1 Å². The molecule has 1 aromatic heterocycles. The number of carbonyl (C=O) groups excluding carboxylic acids is 2. The Bertz CT molecular complexity index is 1480. The number of benzene rings is 3. The lowest BCUT2D eigenvalue weighted by Crippen LogP contribution is -2.48. The summed E-state index contributed by atoms with van der Waals surface area (Å²) in [6, 6.07) is 16.1. The van der Waals surface area contributed by atoms with Crippen LogP contribution in [0, 0.1) is 5.82 Å². The van der Waals surface area contributed by atoms with Gasteiger partial charge in [0.15, 0.2) is 11.5 Å². The van der Waals surface area contributed by atoms with E-state index in [0.717, 1.165) is 32.1 Å².